The third-order valence-corrected chi connectivity index (χ3v) is 2.47. The fraction of sp³-hybridized carbons (Fsp3) is 0.385. The summed E-state index contributed by atoms with van der Waals surface area (Å²) in [4.78, 5) is 22.8. The van der Waals surface area contributed by atoms with Gasteiger partial charge in [0.2, 0.25) is 5.91 Å². The Kier molecular flexibility index (Phi) is 7.24. The molecule has 1 amide bonds. The second kappa shape index (κ2) is 7.84. The minimum Gasteiger partial charge on any atom is -0.325 e. The summed E-state index contributed by atoms with van der Waals surface area (Å²) in [5, 5.41) is 2.71. The van der Waals surface area contributed by atoms with E-state index in [0.29, 0.717) is 17.7 Å². The van der Waals surface area contributed by atoms with E-state index in [-0.39, 0.29) is 24.1 Å². The maximum Gasteiger partial charge on any atom is 0.241 e. The van der Waals surface area contributed by atoms with Crippen LogP contribution in [0.1, 0.15) is 37.0 Å². The Morgan fingerprint density at radius 2 is 2.06 bits per heavy atom. The standard InChI is InChI=1S/C13H18N2O2.ClH/c1-3-5-12(14)13(17)15-11-7-4-6-10(8-11)9(2)16;/h4,6-8,12H,3,5,14H2,1-2H3,(H,15,17);1H. The maximum atomic E-state index is 11.7. The molecule has 1 aromatic carbocycles. The molecule has 18 heavy (non-hydrogen) atoms. The molecule has 5 heteroatoms. The van der Waals surface area contributed by atoms with E-state index >= 15 is 0 Å². The largest absolute Gasteiger partial charge is 0.325 e. The Bertz CT molecular complexity index is 421. The molecule has 0 aliphatic carbocycles. The first-order chi connectivity index (χ1) is 8.04. The zero-order valence-electron chi connectivity index (χ0n) is 10.6. The van der Waals surface area contributed by atoms with Gasteiger partial charge in [0.05, 0.1) is 6.04 Å². The van der Waals surface area contributed by atoms with E-state index in [1.165, 1.54) is 6.92 Å². The van der Waals surface area contributed by atoms with E-state index in [2.05, 4.69) is 5.32 Å². The van der Waals surface area contributed by atoms with E-state index in [4.69, 9.17) is 5.73 Å². The fourth-order valence-electron chi connectivity index (χ4n) is 1.49. The Balaban J connectivity index is 0.00000289. The monoisotopic (exact) mass is 270 g/mol. The average Bonchev–Trinajstić information content (AvgIpc) is 2.29. The van der Waals surface area contributed by atoms with Crippen molar-refractivity contribution in [1.82, 2.24) is 0 Å². The summed E-state index contributed by atoms with van der Waals surface area (Å²) < 4.78 is 0. The van der Waals surface area contributed by atoms with Crippen molar-refractivity contribution in [3.8, 4) is 0 Å². The maximum absolute atomic E-state index is 11.7. The first kappa shape index (κ1) is 16.6. The van der Waals surface area contributed by atoms with Crippen molar-refractivity contribution in [2.45, 2.75) is 32.7 Å². The molecule has 3 N–H and O–H groups in total. The molecule has 1 aromatic rings. The number of hydrogen-bond donors (Lipinski definition) is 2. The molecule has 0 saturated carbocycles. The average molecular weight is 271 g/mol. The van der Waals surface area contributed by atoms with E-state index in [9.17, 15) is 9.59 Å². The van der Waals surface area contributed by atoms with Gasteiger partial charge in [-0.3, -0.25) is 9.59 Å². The van der Waals surface area contributed by atoms with Crippen molar-refractivity contribution in [3.63, 3.8) is 0 Å². The number of rotatable bonds is 5. The predicted molar refractivity (Wildman–Crippen MR) is 75.2 cm³/mol. The van der Waals surface area contributed by atoms with Crippen molar-refractivity contribution in [1.29, 1.82) is 0 Å². The number of halogens is 1. The molecule has 1 atom stereocenters. The van der Waals surface area contributed by atoms with Crippen LogP contribution in [0, 0.1) is 0 Å². The van der Waals surface area contributed by atoms with Gasteiger partial charge in [0.1, 0.15) is 0 Å². The van der Waals surface area contributed by atoms with Crippen molar-refractivity contribution in [3.05, 3.63) is 29.8 Å². The number of benzene rings is 1. The molecule has 0 bridgehead atoms. The van der Waals surface area contributed by atoms with Crippen LogP contribution in [0.2, 0.25) is 0 Å². The van der Waals surface area contributed by atoms with Crippen LogP contribution < -0.4 is 11.1 Å². The van der Waals surface area contributed by atoms with Crippen molar-refractivity contribution in [2.24, 2.45) is 5.73 Å². The van der Waals surface area contributed by atoms with Gasteiger partial charge >= 0.3 is 0 Å². The second-order valence-electron chi connectivity index (χ2n) is 4.02. The van der Waals surface area contributed by atoms with Gasteiger partial charge in [-0.25, -0.2) is 0 Å². The van der Waals surface area contributed by atoms with Crippen LogP contribution >= 0.6 is 12.4 Å². The Hall–Kier alpha value is -1.39. The molecular formula is C13H19ClN2O2. The smallest absolute Gasteiger partial charge is 0.241 e. The van der Waals surface area contributed by atoms with Crippen molar-refractivity contribution in [2.75, 3.05) is 5.32 Å². The number of ketones is 1. The van der Waals surface area contributed by atoms with Gasteiger partial charge in [0.15, 0.2) is 5.78 Å². The third kappa shape index (κ3) is 4.85. The molecular weight excluding hydrogens is 252 g/mol. The van der Waals surface area contributed by atoms with Crippen LogP contribution in [0.25, 0.3) is 0 Å². The van der Waals surface area contributed by atoms with Crippen LogP contribution in [0.15, 0.2) is 24.3 Å². The number of nitrogens with one attached hydrogen (secondary N) is 1. The number of hydrogen-bond acceptors (Lipinski definition) is 3. The fourth-order valence-corrected chi connectivity index (χ4v) is 1.49. The van der Waals surface area contributed by atoms with E-state index in [1.54, 1.807) is 24.3 Å². The highest BCUT2D eigenvalue weighted by Crippen LogP contribution is 2.11. The second-order valence-corrected chi connectivity index (χ2v) is 4.02. The predicted octanol–water partition coefficient (Wildman–Crippen LogP) is 2.38. The number of carbonyl (C=O) groups excluding carboxylic acids is 2. The summed E-state index contributed by atoms with van der Waals surface area (Å²) in [6.45, 7) is 3.47. The summed E-state index contributed by atoms with van der Waals surface area (Å²) in [6.07, 6.45) is 1.51. The summed E-state index contributed by atoms with van der Waals surface area (Å²) >= 11 is 0. The number of carbonyl (C=O) groups is 2. The minimum atomic E-state index is -0.499. The lowest BCUT2D eigenvalue weighted by Crippen LogP contribution is -2.35. The lowest BCUT2D eigenvalue weighted by Gasteiger charge is -2.11. The Morgan fingerprint density at radius 3 is 2.61 bits per heavy atom. The van der Waals surface area contributed by atoms with Gasteiger partial charge in [0.25, 0.3) is 0 Å². The SMILES string of the molecule is CCCC(N)C(=O)Nc1cccc(C(C)=O)c1.Cl. The van der Waals surface area contributed by atoms with Gasteiger partial charge in [-0.05, 0) is 25.5 Å². The third-order valence-electron chi connectivity index (χ3n) is 2.47. The van der Waals surface area contributed by atoms with Gasteiger partial charge in [-0.15, -0.1) is 12.4 Å². The zero-order valence-corrected chi connectivity index (χ0v) is 11.4. The van der Waals surface area contributed by atoms with Crippen LogP contribution in [-0.4, -0.2) is 17.7 Å². The van der Waals surface area contributed by atoms with E-state index in [1.807, 2.05) is 6.92 Å². The Morgan fingerprint density at radius 1 is 1.39 bits per heavy atom. The lowest BCUT2D eigenvalue weighted by molar-refractivity contribution is -0.117. The Labute approximate surface area is 113 Å². The summed E-state index contributed by atoms with van der Waals surface area (Å²) in [6, 6.07) is 6.34. The number of nitrogens with two attached hydrogens (primary N) is 1. The summed E-state index contributed by atoms with van der Waals surface area (Å²) in [5.74, 6) is -0.244. The van der Waals surface area contributed by atoms with Gasteiger partial charge < -0.3 is 11.1 Å². The number of Topliss-reactive ketones (excluding diaryl/α,β-unsaturated/α-hetero) is 1. The molecule has 0 radical (unpaired) electrons. The molecule has 0 aliphatic rings. The molecule has 100 valence electrons. The van der Waals surface area contributed by atoms with E-state index < -0.39 is 6.04 Å². The zero-order chi connectivity index (χ0) is 12.8. The van der Waals surface area contributed by atoms with Crippen molar-refractivity contribution < 1.29 is 9.59 Å². The van der Waals surface area contributed by atoms with Crippen LogP contribution in [0.5, 0.6) is 0 Å². The molecule has 4 nitrogen and oxygen atoms in total. The first-order valence-corrected chi connectivity index (χ1v) is 5.72. The molecule has 0 fully saturated rings. The molecule has 0 spiro atoms. The van der Waals surface area contributed by atoms with Crippen LogP contribution in [-0.2, 0) is 4.79 Å². The van der Waals surface area contributed by atoms with Gasteiger partial charge in [-0.2, -0.15) is 0 Å². The summed E-state index contributed by atoms with van der Waals surface area (Å²) in [5.41, 5.74) is 6.88. The molecule has 0 aromatic heterocycles. The summed E-state index contributed by atoms with van der Waals surface area (Å²) in [7, 11) is 0. The minimum absolute atomic E-state index is 0. The van der Waals surface area contributed by atoms with Crippen molar-refractivity contribution >= 4 is 29.8 Å². The molecule has 0 saturated heterocycles. The quantitative estimate of drug-likeness (QED) is 0.807. The molecule has 0 aliphatic heterocycles. The van der Waals surface area contributed by atoms with Gasteiger partial charge in [-0.1, -0.05) is 25.5 Å². The lowest BCUT2D eigenvalue weighted by atomic mass is 10.1. The molecule has 1 rings (SSSR count). The topological polar surface area (TPSA) is 72.2 Å². The highest BCUT2D eigenvalue weighted by atomic mass is 35.5. The number of anilines is 1. The van der Waals surface area contributed by atoms with E-state index in [0.717, 1.165) is 6.42 Å². The number of amides is 1. The van der Waals surface area contributed by atoms with Gasteiger partial charge in [0, 0.05) is 11.3 Å². The van der Waals surface area contributed by atoms with Crippen LogP contribution in [0.3, 0.4) is 0 Å². The first-order valence-electron chi connectivity index (χ1n) is 5.72. The highest BCUT2D eigenvalue weighted by Gasteiger charge is 2.12. The molecule has 0 heterocycles. The highest BCUT2D eigenvalue weighted by molar-refractivity contribution is 5.98. The van der Waals surface area contributed by atoms with Crippen LogP contribution in [0.4, 0.5) is 5.69 Å². The molecule has 1 unspecified atom stereocenters. The normalized spacial score (nSPS) is 11.3.